The van der Waals surface area contributed by atoms with E-state index in [4.69, 9.17) is 4.84 Å². The molecule has 6 heteroatoms. The van der Waals surface area contributed by atoms with Gasteiger partial charge in [-0.15, -0.1) is 0 Å². The molecule has 0 aromatic heterocycles. The van der Waals surface area contributed by atoms with Crippen molar-refractivity contribution >= 4 is 11.6 Å². The van der Waals surface area contributed by atoms with Gasteiger partial charge >= 0.3 is 0 Å². The number of benzene rings is 2. The largest absolute Gasteiger partial charge is 0.390 e. The van der Waals surface area contributed by atoms with Gasteiger partial charge in [-0.2, -0.15) is 0 Å². The average molecular weight is 386 g/mol. The Kier molecular flexibility index (Phi) is 6.39. The number of rotatable bonds is 7. The molecule has 0 radical (unpaired) electrons. The summed E-state index contributed by atoms with van der Waals surface area (Å²) in [6.07, 6.45) is 0.492. The summed E-state index contributed by atoms with van der Waals surface area (Å²) in [5.41, 5.74) is 1.77. The number of amides is 1. The lowest BCUT2D eigenvalue weighted by atomic mass is 10.0. The highest BCUT2D eigenvalue weighted by Crippen LogP contribution is 2.20. The van der Waals surface area contributed by atoms with Gasteiger partial charge in [0, 0.05) is 30.5 Å². The van der Waals surface area contributed by atoms with Gasteiger partial charge in [-0.25, -0.2) is 8.78 Å². The van der Waals surface area contributed by atoms with Crippen LogP contribution in [-0.2, 0) is 16.2 Å². The fourth-order valence-corrected chi connectivity index (χ4v) is 3.18. The van der Waals surface area contributed by atoms with E-state index in [-0.39, 0.29) is 36.1 Å². The third-order valence-corrected chi connectivity index (χ3v) is 4.57. The molecule has 3 rings (SSSR count). The van der Waals surface area contributed by atoms with Crippen LogP contribution in [0.15, 0.2) is 53.7 Å². The van der Waals surface area contributed by atoms with Gasteiger partial charge in [-0.05, 0) is 24.1 Å². The van der Waals surface area contributed by atoms with Crippen molar-refractivity contribution in [3.63, 3.8) is 0 Å². The molecule has 0 aliphatic carbocycles. The summed E-state index contributed by atoms with van der Waals surface area (Å²) in [7, 11) is 0. The normalized spacial score (nSPS) is 16.0. The van der Waals surface area contributed by atoms with Gasteiger partial charge in [-0.3, -0.25) is 4.79 Å². The summed E-state index contributed by atoms with van der Waals surface area (Å²) in [5.74, 6) is -0.536. The van der Waals surface area contributed by atoms with Crippen molar-refractivity contribution in [2.75, 3.05) is 6.54 Å². The van der Waals surface area contributed by atoms with Gasteiger partial charge in [0.05, 0.1) is 12.3 Å². The van der Waals surface area contributed by atoms with E-state index in [1.807, 2.05) is 13.8 Å². The molecule has 1 aliphatic heterocycles. The Balaban J connectivity index is 1.69. The molecular weight excluding hydrogens is 362 g/mol. The standard InChI is InChI=1S/C22H24F2N2O2/c1-15(2)10-22(27)26(13-17-6-3-4-9-20(17)24)14-19-12-21(25-28-19)16-7-5-8-18(23)11-16/h3-9,11,15,19H,10,12-14H2,1-2H3/t19-/m1/s1. The second-order valence-corrected chi connectivity index (χ2v) is 7.44. The third-order valence-electron chi connectivity index (χ3n) is 4.57. The molecular formula is C22H24F2N2O2. The molecule has 1 amide bonds. The van der Waals surface area contributed by atoms with E-state index in [0.717, 1.165) is 0 Å². The summed E-state index contributed by atoms with van der Waals surface area (Å²) in [6, 6.07) is 12.6. The van der Waals surface area contributed by atoms with Crippen LogP contribution in [0, 0.1) is 17.6 Å². The van der Waals surface area contributed by atoms with Crippen molar-refractivity contribution in [1.82, 2.24) is 4.90 Å². The van der Waals surface area contributed by atoms with Gasteiger partial charge in [0.1, 0.15) is 11.6 Å². The maximum atomic E-state index is 14.1. The summed E-state index contributed by atoms with van der Waals surface area (Å²) in [6.45, 7) is 4.41. The molecule has 0 unspecified atom stereocenters. The number of carbonyl (C=O) groups excluding carboxylic acids is 1. The predicted octanol–water partition coefficient (Wildman–Crippen LogP) is 4.53. The van der Waals surface area contributed by atoms with Gasteiger partial charge in [0.25, 0.3) is 0 Å². The minimum absolute atomic E-state index is 0.0546. The van der Waals surface area contributed by atoms with Crippen molar-refractivity contribution in [3.05, 3.63) is 71.3 Å². The van der Waals surface area contributed by atoms with E-state index < -0.39 is 0 Å². The first-order valence-corrected chi connectivity index (χ1v) is 9.42. The van der Waals surface area contributed by atoms with Crippen LogP contribution >= 0.6 is 0 Å². The van der Waals surface area contributed by atoms with E-state index in [2.05, 4.69) is 5.16 Å². The molecule has 0 saturated carbocycles. The Labute approximate surface area is 163 Å². The Morgan fingerprint density at radius 2 is 2.00 bits per heavy atom. The molecule has 0 spiro atoms. The first kappa shape index (κ1) is 20.0. The average Bonchev–Trinajstić information content (AvgIpc) is 3.11. The SMILES string of the molecule is CC(C)CC(=O)N(Cc1ccccc1F)C[C@H]1CC(c2cccc(F)c2)=NO1. The predicted molar refractivity (Wildman–Crippen MR) is 104 cm³/mol. The van der Waals surface area contributed by atoms with Crippen molar-refractivity contribution in [2.45, 2.75) is 39.3 Å². The molecule has 1 atom stereocenters. The minimum Gasteiger partial charge on any atom is -0.390 e. The van der Waals surface area contributed by atoms with E-state index in [0.29, 0.717) is 36.2 Å². The van der Waals surface area contributed by atoms with Gasteiger partial charge in [-0.1, -0.05) is 49.3 Å². The highest BCUT2D eigenvalue weighted by molar-refractivity contribution is 6.01. The molecule has 1 heterocycles. The van der Waals surface area contributed by atoms with Crippen molar-refractivity contribution < 1.29 is 18.4 Å². The highest BCUT2D eigenvalue weighted by Gasteiger charge is 2.27. The molecule has 0 fully saturated rings. The Hall–Kier alpha value is -2.76. The van der Waals surface area contributed by atoms with Gasteiger partial charge in [0.2, 0.25) is 5.91 Å². The van der Waals surface area contributed by atoms with E-state index in [1.165, 1.54) is 18.2 Å². The third kappa shape index (κ3) is 5.15. The zero-order valence-electron chi connectivity index (χ0n) is 16.1. The van der Waals surface area contributed by atoms with Crippen LogP contribution in [0.2, 0.25) is 0 Å². The second kappa shape index (κ2) is 8.95. The molecule has 0 saturated heterocycles. The summed E-state index contributed by atoms with van der Waals surface area (Å²) in [5, 5.41) is 4.06. The van der Waals surface area contributed by atoms with Crippen molar-refractivity contribution in [1.29, 1.82) is 0 Å². The molecule has 0 bridgehead atoms. The molecule has 148 valence electrons. The smallest absolute Gasteiger partial charge is 0.223 e. The maximum absolute atomic E-state index is 14.1. The Bertz CT molecular complexity index is 867. The van der Waals surface area contributed by atoms with Crippen LogP contribution in [0.25, 0.3) is 0 Å². The minimum atomic E-state index is -0.346. The first-order valence-electron chi connectivity index (χ1n) is 9.42. The summed E-state index contributed by atoms with van der Waals surface area (Å²) in [4.78, 5) is 19.8. The number of halogens is 2. The van der Waals surface area contributed by atoms with Gasteiger partial charge < -0.3 is 9.74 Å². The van der Waals surface area contributed by atoms with E-state index >= 15 is 0 Å². The number of carbonyl (C=O) groups is 1. The van der Waals surface area contributed by atoms with Crippen LogP contribution in [0.1, 0.15) is 37.8 Å². The monoisotopic (exact) mass is 386 g/mol. The summed E-state index contributed by atoms with van der Waals surface area (Å²) >= 11 is 0. The Morgan fingerprint density at radius 1 is 1.21 bits per heavy atom. The van der Waals surface area contributed by atoms with Gasteiger partial charge in [0.15, 0.2) is 6.10 Å². The topological polar surface area (TPSA) is 41.9 Å². The van der Waals surface area contributed by atoms with Crippen LogP contribution in [0.3, 0.4) is 0 Å². The number of oxime groups is 1. The molecule has 0 N–H and O–H groups in total. The quantitative estimate of drug-likeness (QED) is 0.701. The maximum Gasteiger partial charge on any atom is 0.223 e. The zero-order valence-corrected chi connectivity index (χ0v) is 16.1. The zero-order chi connectivity index (χ0) is 20.1. The van der Waals surface area contributed by atoms with Crippen LogP contribution in [0.5, 0.6) is 0 Å². The fraction of sp³-hybridized carbons (Fsp3) is 0.364. The molecule has 2 aromatic carbocycles. The lowest BCUT2D eigenvalue weighted by Crippen LogP contribution is -2.38. The van der Waals surface area contributed by atoms with E-state index in [9.17, 15) is 13.6 Å². The first-order chi connectivity index (χ1) is 13.4. The van der Waals surface area contributed by atoms with Crippen molar-refractivity contribution in [2.24, 2.45) is 11.1 Å². The lowest BCUT2D eigenvalue weighted by Gasteiger charge is -2.26. The van der Waals surface area contributed by atoms with E-state index in [1.54, 1.807) is 35.2 Å². The fourth-order valence-electron chi connectivity index (χ4n) is 3.18. The highest BCUT2D eigenvalue weighted by atomic mass is 19.1. The molecule has 28 heavy (non-hydrogen) atoms. The number of hydrogen-bond donors (Lipinski definition) is 0. The molecule has 1 aliphatic rings. The number of hydrogen-bond acceptors (Lipinski definition) is 3. The van der Waals surface area contributed by atoms with Crippen LogP contribution in [0.4, 0.5) is 8.78 Å². The summed E-state index contributed by atoms with van der Waals surface area (Å²) < 4.78 is 27.5. The Morgan fingerprint density at radius 3 is 2.71 bits per heavy atom. The molecule has 4 nitrogen and oxygen atoms in total. The molecule has 2 aromatic rings. The van der Waals surface area contributed by atoms with Crippen LogP contribution < -0.4 is 0 Å². The number of nitrogens with zero attached hydrogens (tertiary/aromatic N) is 2. The lowest BCUT2D eigenvalue weighted by molar-refractivity contribution is -0.134. The second-order valence-electron chi connectivity index (χ2n) is 7.44. The van der Waals surface area contributed by atoms with Crippen molar-refractivity contribution in [3.8, 4) is 0 Å². The van der Waals surface area contributed by atoms with Crippen LogP contribution in [-0.4, -0.2) is 29.2 Å².